The first-order valence-electron chi connectivity index (χ1n) is 12.9. The summed E-state index contributed by atoms with van der Waals surface area (Å²) >= 11 is 0. The Kier molecular flexibility index (Phi) is 9.44. The molecule has 0 spiro atoms. The molecule has 4 heterocycles. The molecule has 0 saturated heterocycles. The van der Waals surface area contributed by atoms with Gasteiger partial charge in [0.1, 0.15) is 20.5 Å². The number of nitrogens with zero attached hydrogens (tertiary/aromatic N) is 6. The molecule has 0 aliphatic carbocycles. The summed E-state index contributed by atoms with van der Waals surface area (Å²) in [4.78, 5) is 28.8. The minimum atomic E-state index is -0.0130. The zero-order valence-electron chi connectivity index (χ0n) is 23.4. The van der Waals surface area contributed by atoms with Crippen LogP contribution in [0.3, 0.4) is 0 Å². The number of aldehydes is 1. The van der Waals surface area contributed by atoms with Gasteiger partial charge in [-0.05, 0) is 29.8 Å². The molecule has 1 N–H and O–H groups in total. The smallest absolute Gasteiger partial charge is 0.284 e. The number of aliphatic hydroxyl groups excluding tert-OH is 1. The summed E-state index contributed by atoms with van der Waals surface area (Å²) in [5.41, 5.74) is 3.49. The topological polar surface area (TPSA) is 185 Å². The molecule has 44 heavy (non-hydrogen) atoms. The summed E-state index contributed by atoms with van der Waals surface area (Å²) in [6.45, 7) is -0.0130. The number of rotatable bonds is 10. The predicted molar refractivity (Wildman–Crippen MR) is 153 cm³/mol. The standard InChI is InChI=1S/C15H13N3O4.C15H11N3O4/c2*1-20-17-13(12-3-2-8-21-12)15-16-14(18-22-15)11-6-4-10(9-19)5-7-11/h2-8,19H,9H2,1H3;2-9H,1H3/b2*17-13-. The van der Waals surface area contributed by atoms with Crippen molar-refractivity contribution in [2.24, 2.45) is 10.3 Å². The first-order valence-corrected chi connectivity index (χ1v) is 12.9. The maximum absolute atomic E-state index is 10.7. The summed E-state index contributed by atoms with van der Waals surface area (Å²) in [5, 5.41) is 24.6. The molecule has 14 nitrogen and oxygen atoms in total. The van der Waals surface area contributed by atoms with Crippen LogP contribution in [0.1, 0.15) is 39.2 Å². The Morgan fingerprint density at radius 2 is 1.23 bits per heavy atom. The van der Waals surface area contributed by atoms with Gasteiger partial charge in [-0.2, -0.15) is 9.97 Å². The number of aliphatic hydroxyl groups is 1. The second-order valence-corrected chi connectivity index (χ2v) is 8.64. The third-order valence-electron chi connectivity index (χ3n) is 5.83. The van der Waals surface area contributed by atoms with Crippen molar-refractivity contribution in [3.63, 3.8) is 0 Å². The maximum atomic E-state index is 10.7. The normalized spacial score (nSPS) is 11.5. The van der Waals surface area contributed by atoms with Crippen LogP contribution in [0.4, 0.5) is 0 Å². The number of oxime groups is 2. The summed E-state index contributed by atoms with van der Waals surface area (Å²) < 4.78 is 21.0. The average Bonchev–Trinajstić information content (AvgIpc) is 3.91. The SMILES string of the molecule is CO/N=C(/c1ccco1)c1nc(-c2ccc(C=O)cc2)no1.CO/N=C(/c1ccco1)c1nc(-c2ccc(CO)cc2)no1. The van der Waals surface area contributed by atoms with E-state index < -0.39 is 0 Å². The Bertz CT molecular complexity index is 1820. The Balaban J connectivity index is 0.000000175. The second-order valence-electron chi connectivity index (χ2n) is 8.64. The van der Waals surface area contributed by atoms with Crippen molar-refractivity contribution in [2.75, 3.05) is 14.2 Å². The van der Waals surface area contributed by atoms with Crippen LogP contribution in [0.5, 0.6) is 0 Å². The fourth-order valence-corrected chi connectivity index (χ4v) is 3.73. The molecule has 14 heteroatoms. The summed E-state index contributed by atoms with van der Waals surface area (Å²) in [7, 11) is 2.84. The largest absolute Gasteiger partial charge is 0.462 e. The van der Waals surface area contributed by atoms with Gasteiger partial charge in [-0.3, -0.25) is 4.79 Å². The molecule has 0 atom stereocenters. The van der Waals surface area contributed by atoms with Crippen LogP contribution >= 0.6 is 0 Å². The zero-order valence-corrected chi connectivity index (χ0v) is 23.4. The van der Waals surface area contributed by atoms with Crippen LogP contribution < -0.4 is 0 Å². The van der Waals surface area contributed by atoms with Gasteiger partial charge in [-0.15, -0.1) is 0 Å². The molecule has 2 aromatic carbocycles. The minimum Gasteiger partial charge on any atom is -0.462 e. The zero-order chi connectivity index (χ0) is 30.7. The molecule has 4 aromatic heterocycles. The molecule has 222 valence electrons. The number of carbonyl (C=O) groups is 1. The second kappa shape index (κ2) is 14.2. The molecular weight excluding hydrogens is 572 g/mol. The van der Waals surface area contributed by atoms with E-state index >= 15 is 0 Å². The average molecular weight is 597 g/mol. The number of benzene rings is 2. The van der Waals surface area contributed by atoms with Crippen LogP contribution in [0, 0.1) is 0 Å². The number of hydrogen-bond donors (Lipinski definition) is 1. The first-order chi connectivity index (χ1) is 21.6. The van der Waals surface area contributed by atoms with Crippen molar-refractivity contribution in [1.29, 1.82) is 0 Å². The van der Waals surface area contributed by atoms with Crippen molar-refractivity contribution >= 4 is 17.7 Å². The van der Waals surface area contributed by atoms with E-state index in [2.05, 4.69) is 30.6 Å². The fourth-order valence-electron chi connectivity index (χ4n) is 3.73. The molecule has 0 saturated carbocycles. The summed E-state index contributed by atoms with van der Waals surface area (Å²) in [6.07, 6.45) is 3.80. The van der Waals surface area contributed by atoms with Crippen molar-refractivity contribution in [2.45, 2.75) is 6.61 Å². The highest BCUT2D eigenvalue weighted by molar-refractivity contribution is 6.08. The van der Waals surface area contributed by atoms with Crippen LogP contribution in [0.2, 0.25) is 0 Å². The highest BCUT2D eigenvalue weighted by Crippen LogP contribution is 2.20. The lowest BCUT2D eigenvalue weighted by molar-refractivity contribution is 0.112. The van der Waals surface area contributed by atoms with E-state index in [0.717, 1.165) is 23.0 Å². The monoisotopic (exact) mass is 596 g/mol. The van der Waals surface area contributed by atoms with Crippen molar-refractivity contribution < 1.29 is 37.5 Å². The fraction of sp³-hybridized carbons (Fsp3) is 0.100. The van der Waals surface area contributed by atoms with Gasteiger partial charge in [0, 0.05) is 16.7 Å². The van der Waals surface area contributed by atoms with Gasteiger partial charge in [0.05, 0.1) is 19.1 Å². The van der Waals surface area contributed by atoms with E-state index in [0.29, 0.717) is 40.2 Å². The Hall–Kier alpha value is -6.15. The number of aromatic nitrogens is 4. The number of carbonyl (C=O) groups excluding carboxylic acids is 1. The third-order valence-corrected chi connectivity index (χ3v) is 5.83. The van der Waals surface area contributed by atoms with E-state index in [-0.39, 0.29) is 18.4 Å². The van der Waals surface area contributed by atoms with Crippen molar-refractivity contribution in [3.8, 4) is 22.8 Å². The van der Waals surface area contributed by atoms with Crippen molar-refractivity contribution in [3.05, 3.63) is 120 Å². The molecule has 0 unspecified atom stereocenters. The molecule has 0 bridgehead atoms. The molecule has 6 rings (SSSR count). The first kappa shape index (κ1) is 29.3. The van der Waals surface area contributed by atoms with Crippen LogP contribution in [-0.2, 0) is 16.3 Å². The molecule has 0 aliphatic heterocycles. The van der Waals surface area contributed by atoms with Crippen LogP contribution in [-0.4, -0.2) is 57.3 Å². The maximum Gasteiger partial charge on any atom is 0.284 e. The summed E-state index contributed by atoms with van der Waals surface area (Å²) in [5.74, 6) is 2.07. The van der Waals surface area contributed by atoms with Crippen LogP contribution in [0.15, 0.2) is 114 Å². The van der Waals surface area contributed by atoms with E-state index in [1.807, 2.05) is 0 Å². The number of furan rings is 2. The van der Waals surface area contributed by atoms with Gasteiger partial charge in [0.25, 0.3) is 11.8 Å². The minimum absolute atomic E-state index is 0.0130. The van der Waals surface area contributed by atoms with Gasteiger partial charge in [0.15, 0.2) is 11.5 Å². The van der Waals surface area contributed by atoms with E-state index in [1.54, 1.807) is 72.8 Å². The van der Waals surface area contributed by atoms with Gasteiger partial charge < -0.3 is 32.7 Å². The Labute approximate surface area is 249 Å². The molecule has 0 aliphatic rings. The Morgan fingerprint density at radius 1 is 0.750 bits per heavy atom. The molecule has 0 radical (unpaired) electrons. The Morgan fingerprint density at radius 3 is 1.61 bits per heavy atom. The molecule has 0 fully saturated rings. The molecule has 6 aromatic rings. The van der Waals surface area contributed by atoms with Crippen LogP contribution in [0.25, 0.3) is 22.8 Å². The molecule has 0 amide bonds. The van der Waals surface area contributed by atoms with Gasteiger partial charge in [0.2, 0.25) is 23.1 Å². The number of hydrogen-bond acceptors (Lipinski definition) is 14. The highest BCUT2D eigenvalue weighted by atomic mass is 16.6. The summed E-state index contributed by atoms with van der Waals surface area (Å²) in [6, 6.07) is 20.9. The van der Waals surface area contributed by atoms with Gasteiger partial charge in [-0.25, -0.2) is 0 Å². The lowest BCUT2D eigenvalue weighted by Crippen LogP contribution is -2.03. The van der Waals surface area contributed by atoms with Gasteiger partial charge >= 0.3 is 0 Å². The van der Waals surface area contributed by atoms with E-state index in [1.165, 1.54) is 26.7 Å². The van der Waals surface area contributed by atoms with E-state index in [9.17, 15) is 4.79 Å². The molecular formula is C30H24N6O8. The third kappa shape index (κ3) is 6.83. The predicted octanol–water partition coefficient (Wildman–Crippen LogP) is 4.76. The lowest BCUT2D eigenvalue weighted by Gasteiger charge is -1.97. The van der Waals surface area contributed by atoms with Crippen molar-refractivity contribution in [1.82, 2.24) is 20.3 Å². The highest BCUT2D eigenvalue weighted by Gasteiger charge is 2.21. The lowest BCUT2D eigenvalue weighted by atomic mass is 10.1. The quantitative estimate of drug-likeness (QED) is 0.130. The van der Waals surface area contributed by atoms with E-state index in [4.69, 9.17) is 32.7 Å². The van der Waals surface area contributed by atoms with Gasteiger partial charge in [-0.1, -0.05) is 69.2 Å².